The molecule has 0 heterocycles. The molecule has 0 amide bonds. The van der Waals surface area contributed by atoms with Gasteiger partial charge in [0, 0.05) is 0 Å². The van der Waals surface area contributed by atoms with E-state index in [1.165, 1.54) is 41.4 Å². The first-order chi connectivity index (χ1) is 17.8. The van der Waals surface area contributed by atoms with E-state index in [0.717, 1.165) is 53.3 Å². The Bertz CT molecular complexity index is 822. The largest absolute Gasteiger partial charge is 0.0530 e. The van der Waals surface area contributed by atoms with Gasteiger partial charge >= 0.3 is 0 Å². The first-order valence-electron chi connectivity index (χ1n) is 17.8. The standard InChI is InChI=1S/C36H56/c1-2-7-24-19-31-25(18-23(24)6-1)15-16-29-27-10-3-4-11-28(27)32-20-26-13-12-21-8-5-9-22-14-17-30(34(26)33(21)22)36(32)35(29)31/h21-36H,1-20H2. The smallest absolute Gasteiger partial charge is 0.0318 e. The van der Waals surface area contributed by atoms with E-state index in [2.05, 4.69) is 0 Å². The highest BCUT2D eigenvalue weighted by atomic mass is 14.7. The van der Waals surface area contributed by atoms with Crippen LogP contribution >= 0.6 is 0 Å². The minimum atomic E-state index is 1.14. The van der Waals surface area contributed by atoms with E-state index < -0.39 is 0 Å². The van der Waals surface area contributed by atoms with Gasteiger partial charge in [-0.05, 0) is 165 Å². The lowest BCUT2D eigenvalue weighted by Gasteiger charge is -2.69. The monoisotopic (exact) mass is 488 g/mol. The molecule has 0 bridgehead atoms. The highest BCUT2D eigenvalue weighted by molar-refractivity contribution is 5.12. The summed E-state index contributed by atoms with van der Waals surface area (Å²) in [6, 6.07) is 0. The van der Waals surface area contributed by atoms with E-state index in [9.17, 15) is 0 Å². The van der Waals surface area contributed by atoms with Gasteiger partial charge in [-0.2, -0.15) is 0 Å². The normalized spacial score (nSPS) is 61.3. The molecule has 0 aliphatic heterocycles. The Morgan fingerprint density at radius 3 is 1.61 bits per heavy atom. The molecule has 0 saturated heterocycles. The lowest BCUT2D eigenvalue weighted by Crippen LogP contribution is -2.62. The topological polar surface area (TPSA) is 0 Å². The van der Waals surface area contributed by atoms with Crippen molar-refractivity contribution in [3.05, 3.63) is 0 Å². The van der Waals surface area contributed by atoms with Crippen molar-refractivity contribution in [2.45, 2.75) is 128 Å². The fourth-order valence-corrected chi connectivity index (χ4v) is 15.5. The third-order valence-corrected chi connectivity index (χ3v) is 16.2. The second-order valence-corrected chi connectivity index (χ2v) is 16.8. The van der Waals surface area contributed by atoms with Gasteiger partial charge in [0.25, 0.3) is 0 Å². The first-order valence-corrected chi connectivity index (χ1v) is 17.8. The minimum Gasteiger partial charge on any atom is -0.0530 e. The molecular formula is C36H56. The Balaban J connectivity index is 1.11. The second-order valence-electron chi connectivity index (χ2n) is 16.8. The maximum absolute atomic E-state index is 1.72. The summed E-state index contributed by atoms with van der Waals surface area (Å²) in [5.41, 5.74) is 0. The van der Waals surface area contributed by atoms with E-state index in [1.54, 1.807) is 128 Å². The summed E-state index contributed by atoms with van der Waals surface area (Å²) >= 11 is 0. The Kier molecular flexibility index (Phi) is 5.54. The zero-order valence-electron chi connectivity index (χ0n) is 23.4. The van der Waals surface area contributed by atoms with Crippen LogP contribution in [0.1, 0.15) is 128 Å². The number of hydrogen-bond acceptors (Lipinski definition) is 0. The van der Waals surface area contributed by atoms with Crippen LogP contribution in [0.15, 0.2) is 0 Å². The van der Waals surface area contributed by atoms with Gasteiger partial charge in [0.2, 0.25) is 0 Å². The predicted molar refractivity (Wildman–Crippen MR) is 148 cm³/mol. The Morgan fingerprint density at radius 1 is 0.222 bits per heavy atom. The van der Waals surface area contributed by atoms with Gasteiger partial charge in [-0.3, -0.25) is 0 Å². The molecule has 0 N–H and O–H groups in total. The Morgan fingerprint density at radius 2 is 0.778 bits per heavy atom. The fourth-order valence-electron chi connectivity index (χ4n) is 15.5. The maximum Gasteiger partial charge on any atom is -0.0318 e. The van der Waals surface area contributed by atoms with Crippen molar-refractivity contribution < 1.29 is 0 Å². The average molecular weight is 489 g/mol. The van der Waals surface area contributed by atoms with Crippen LogP contribution in [-0.4, -0.2) is 0 Å². The van der Waals surface area contributed by atoms with Gasteiger partial charge in [-0.25, -0.2) is 0 Å². The fraction of sp³-hybridized carbons (Fsp3) is 1.00. The highest BCUT2D eigenvalue weighted by Gasteiger charge is 2.64. The lowest BCUT2D eigenvalue weighted by molar-refractivity contribution is -0.202. The van der Waals surface area contributed by atoms with Crippen molar-refractivity contribution in [2.24, 2.45) is 94.7 Å². The zero-order valence-corrected chi connectivity index (χ0v) is 23.4. The average Bonchev–Trinajstić information content (AvgIpc) is 2.94. The van der Waals surface area contributed by atoms with E-state index in [1.807, 2.05) is 0 Å². The van der Waals surface area contributed by atoms with Crippen LogP contribution < -0.4 is 0 Å². The molecule has 36 heavy (non-hydrogen) atoms. The summed E-state index contributed by atoms with van der Waals surface area (Å²) in [5.74, 6) is 18.6. The van der Waals surface area contributed by atoms with E-state index >= 15 is 0 Å². The molecule has 16 unspecified atom stereocenters. The second kappa shape index (κ2) is 8.75. The van der Waals surface area contributed by atoms with Crippen LogP contribution in [0.2, 0.25) is 0 Å². The van der Waals surface area contributed by atoms with Crippen molar-refractivity contribution in [3.63, 3.8) is 0 Å². The van der Waals surface area contributed by atoms with Gasteiger partial charge in [0.05, 0.1) is 0 Å². The molecule has 9 aliphatic carbocycles. The summed E-state index contributed by atoms with van der Waals surface area (Å²) in [5, 5.41) is 0. The molecule has 9 fully saturated rings. The van der Waals surface area contributed by atoms with Crippen LogP contribution in [0, 0.1) is 94.7 Å². The van der Waals surface area contributed by atoms with E-state index in [0.29, 0.717) is 0 Å². The zero-order chi connectivity index (χ0) is 23.4. The quantitative estimate of drug-likeness (QED) is 0.318. The van der Waals surface area contributed by atoms with E-state index in [-0.39, 0.29) is 0 Å². The summed E-state index contributed by atoms with van der Waals surface area (Å²) in [6.07, 6.45) is 32.7. The molecule has 9 aliphatic rings. The van der Waals surface area contributed by atoms with Gasteiger partial charge in [-0.1, -0.05) is 57.8 Å². The molecule has 0 nitrogen and oxygen atoms in total. The first kappa shape index (κ1) is 22.8. The molecule has 9 saturated carbocycles. The molecule has 0 aromatic carbocycles. The van der Waals surface area contributed by atoms with Gasteiger partial charge < -0.3 is 0 Å². The van der Waals surface area contributed by atoms with Crippen LogP contribution in [-0.2, 0) is 0 Å². The summed E-state index contributed by atoms with van der Waals surface area (Å²) < 4.78 is 0. The number of hydrogen-bond donors (Lipinski definition) is 0. The molecule has 0 spiro atoms. The van der Waals surface area contributed by atoms with Crippen molar-refractivity contribution in [2.75, 3.05) is 0 Å². The molecular weight excluding hydrogens is 432 g/mol. The predicted octanol–water partition coefficient (Wildman–Crippen LogP) is 9.77. The molecule has 0 radical (unpaired) electrons. The summed E-state index contributed by atoms with van der Waals surface area (Å²) in [6.45, 7) is 0. The molecule has 16 atom stereocenters. The molecule has 9 rings (SSSR count). The Hall–Kier alpha value is 0. The maximum atomic E-state index is 1.72. The van der Waals surface area contributed by atoms with Crippen LogP contribution in [0.25, 0.3) is 0 Å². The minimum absolute atomic E-state index is 1.14. The van der Waals surface area contributed by atoms with Crippen molar-refractivity contribution in [1.29, 1.82) is 0 Å². The third kappa shape index (κ3) is 3.23. The number of rotatable bonds is 0. The molecule has 0 aromatic rings. The van der Waals surface area contributed by atoms with Gasteiger partial charge in [-0.15, -0.1) is 0 Å². The van der Waals surface area contributed by atoms with Crippen molar-refractivity contribution >= 4 is 0 Å². The van der Waals surface area contributed by atoms with Crippen LogP contribution in [0.4, 0.5) is 0 Å². The van der Waals surface area contributed by atoms with Gasteiger partial charge in [0.1, 0.15) is 0 Å². The SMILES string of the molecule is C1CCC2CC3C(CCC4C5CCCCC5C5CC6CCC7CCCC8CCC(C6C78)C5C34)CC2C1. The lowest BCUT2D eigenvalue weighted by atomic mass is 9.36. The highest BCUT2D eigenvalue weighted by Crippen LogP contribution is 2.71. The molecule has 200 valence electrons. The van der Waals surface area contributed by atoms with E-state index in [4.69, 9.17) is 0 Å². The Labute approximate surface area is 222 Å². The van der Waals surface area contributed by atoms with Crippen LogP contribution in [0.3, 0.4) is 0 Å². The molecule has 0 heteroatoms. The van der Waals surface area contributed by atoms with Crippen molar-refractivity contribution in [3.8, 4) is 0 Å². The number of fused-ring (bicyclic) bond motifs is 10. The molecule has 0 aromatic heterocycles. The van der Waals surface area contributed by atoms with Crippen molar-refractivity contribution in [1.82, 2.24) is 0 Å². The third-order valence-electron chi connectivity index (χ3n) is 16.2. The summed E-state index contributed by atoms with van der Waals surface area (Å²) in [7, 11) is 0. The van der Waals surface area contributed by atoms with Crippen LogP contribution in [0.5, 0.6) is 0 Å². The van der Waals surface area contributed by atoms with Gasteiger partial charge in [0.15, 0.2) is 0 Å². The summed E-state index contributed by atoms with van der Waals surface area (Å²) in [4.78, 5) is 0.